The molecular weight excluding hydrogens is 248 g/mol. The van der Waals surface area contributed by atoms with E-state index < -0.39 is 12.0 Å². The van der Waals surface area contributed by atoms with Crippen LogP contribution in [0.2, 0.25) is 0 Å². The zero-order valence-corrected chi connectivity index (χ0v) is 12.4. The quantitative estimate of drug-likeness (QED) is 0.426. The zero-order valence-electron chi connectivity index (χ0n) is 12.4. The summed E-state index contributed by atoms with van der Waals surface area (Å²) in [4.78, 5) is 22.7. The number of hydrogen-bond donors (Lipinski definition) is 3. The van der Waals surface area contributed by atoms with E-state index in [1.807, 2.05) is 13.8 Å². The predicted molar refractivity (Wildman–Crippen MR) is 72.7 cm³/mol. The van der Waals surface area contributed by atoms with E-state index in [0.29, 0.717) is 12.3 Å². The Balaban J connectivity index is 4.17. The molecule has 0 aromatic heterocycles. The van der Waals surface area contributed by atoms with Gasteiger partial charge in [-0.1, -0.05) is 27.7 Å². The van der Waals surface area contributed by atoms with Crippen molar-refractivity contribution in [3.63, 3.8) is 0 Å². The highest BCUT2D eigenvalue weighted by molar-refractivity contribution is 5.76. The minimum Gasteiger partial charge on any atom is -0.480 e. The first-order chi connectivity index (χ1) is 8.79. The van der Waals surface area contributed by atoms with Crippen LogP contribution in [0.1, 0.15) is 34.1 Å². The lowest BCUT2D eigenvalue weighted by Gasteiger charge is -2.20. The van der Waals surface area contributed by atoms with Crippen molar-refractivity contribution in [1.29, 1.82) is 0 Å². The number of rotatable bonds is 9. The Labute approximate surface area is 114 Å². The van der Waals surface area contributed by atoms with Crippen LogP contribution in [-0.2, 0) is 14.3 Å². The van der Waals surface area contributed by atoms with Gasteiger partial charge in [-0.05, 0) is 25.3 Å². The van der Waals surface area contributed by atoms with Gasteiger partial charge in [-0.25, -0.2) is 0 Å². The molecule has 19 heavy (non-hydrogen) atoms. The van der Waals surface area contributed by atoms with Gasteiger partial charge in [0.05, 0.1) is 0 Å². The Morgan fingerprint density at radius 1 is 1.21 bits per heavy atom. The molecule has 3 N–H and O–H groups in total. The van der Waals surface area contributed by atoms with Crippen molar-refractivity contribution in [2.75, 3.05) is 13.8 Å². The summed E-state index contributed by atoms with van der Waals surface area (Å²) < 4.78 is 5.05. The van der Waals surface area contributed by atoms with Gasteiger partial charge in [-0.2, -0.15) is 0 Å². The third kappa shape index (κ3) is 7.12. The van der Waals surface area contributed by atoms with Crippen molar-refractivity contribution < 1.29 is 19.4 Å². The molecule has 0 bridgehead atoms. The van der Waals surface area contributed by atoms with Gasteiger partial charge >= 0.3 is 11.9 Å². The van der Waals surface area contributed by atoms with Gasteiger partial charge in [0.2, 0.25) is 0 Å². The van der Waals surface area contributed by atoms with E-state index in [1.165, 1.54) is 0 Å². The second kappa shape index (κ2) is 8.87. The maximum absolute atomic E-state index is 11.8. The molecule has 0 aromatic carbocycles. The first-order valence-electron chi connectivity index (χ1n) is 6.59. The molecule has 2 atom stereocenters. The normalized spacial score (nSPS) is 14.5. The number of likely N-dealkylation sites (N-methyl/N-ethyl adjacent to an activating group) is 1. The van der Waals surface area contributed by atoms with E-state index in [9.17, 15) is 9.59 Å². The fourth-order valence-electron chi connectivity index (χ4n) is 1.71. The average Bonchev–Trinajstić information content (AvgIpc) is 2.29. The summed E-state index contributed by atoms with van der Waals surface area (Å²) in [6, 6.07) is -1.07. The van der Waals surface area contributed by atoms with E-state index in [-0.39, 0.29) is 24.7 Å². The third-order valence-corrected chi connectivity index (χ3v) is 2.79. The van der Waals surface area contributed by atoms with Crippen molar-refractivity contribution >= 4 is 11.9 Å². The number of aliphatic carboxylic acids is 1. The number of carbonyl (C=O) groups is 2. The van der Waals surface area contributed by atoms with Crippen molar-refractivity contribution in [3.8, 4) is 0 Å². The summed E-state index contributed by atoms with van der Waals surface area (Å²) in [6.07, 6.45) is 0.682. The summed E-state index contributed by atoms with van der Waals surface area (Å²) in [5.74, 6) is -1.01. The predicted octanol–water partition coefficient (Wildman–Crippen LogP) is 0.820. The van der Waals surface area contributed by atoms with Crippen LogP contribution in [0.3, 0.4) is 0 Å². The van der Waals surface area contributed by atoms with Crippen molar-refractivity contribution in [1.82, 2.24) is 10.6 Å². The molecule has 2 unspecified atom stereocenters. The van der Waals surface area contributed by atoms with Crippen LogP contribution >= 0.6 is 0 Å². The highest BCUT2D eigenvalue weighted by atomic mass is 16.5. The lowest BCUT2D eigenvalue weighted by molar-refractivity contribution is -0.150. The zero-order chi connectivity index (χ0) is 15.0. The van der Waals surface area contributed by atoms with Gasteiger partial charge in [-0.15, -0.1) is 0 Å². The summed E-state index contributed by atoms with van der Waals surface area (Å²) in [5.41, 5.74) is 0. The monoisotopic (exact) mass is 274 g/mol. The molecule has 0 rings (SSSR count). The van der Waals surface area contributed by atoms with Crippen LogP contribution in [0, 0.1) is 11.8 Å². The first-order valence-corrected chi connectivity index (χ1v) is 6.59. The standard InChI is InChI=1S/C13H26N2O4/c1-8(2)6-10(14-5)13(18)19-7-15-11(9(3)4)12(16)17/h8-11,14-15H,6-7H2,1-5H3,(H,16,17). The van der Waals surface area contributed by atoms with Crippen LogP contribution in [-0.4, -0.2) is 42.9 Å². The molecule has 0 aromatic rings. The minimum atomic E-state index is -0.946. The average molecular weight is 274 g/mol. The fourth-order valence-corrected chi connectivity index (χ4v) is 1.71. The van der Waals surface area contributed by atoms with E-state index in [2.05, 4.69) is 10.6 Å². The summed E-state index contributed by atoms with van der Waals surface area (Å²) in [5, 5.41) is 14.6. The number of ether oxygens (including phenoxy) is 1. The van der Waals surface area contributed by atoms with Crippen molar-refractivity contribution in [2.45, 2.75) is 46.2 Å². The molecule has 0 aliphatic carbocycles. The molecule has 0 saturated carbocycles. The SMILES string of the molecule is CNC(CC(C)C)C(=O)OCNC(C(=O)O)C(C)C. The Hall–Kier alpha value is -1.14. The molecule has 112 valence electrons. The molecule has 0 spiro atoms. The Morgan fingerprint density at radius 2 is 1.79 bits per heavy atom. The lowest BCUT2D eigenvalue weighted by Crippen LogP contribution is -2.44. The molecule has 0 amide bonds. The van der Waals surface area contributed by atoms with E-state index in [4.69, 9.17) is 9.84 Å². The molecule has 0 radical (unpaired) electrons. The molecular formula is C13H26N2O4. The summed E-state index contributed by atoms with van der Waals surface area (Å²) >= 11 is 0. The highest BCUT2D eigenvalue weighted by Crippen LogP contribution is 2.06. The van der Waals surface area contributed by atoms with Gasteiger partial charge in [0.25, 0.3) is 0 Å². The largest absolute Gasteiger partial charge is 0.480 e. The number of esters is 1. The van der Waals surface area contributed by atoms with Gasteiger partial charge < -0.3 is 15.2 Å². The van der Waals surface area contributed by atoms with Gasteiger partial charge in [-0.3, -0.25) is 14.9 Å². The maximum Gasteiger partial charge on any atom is 0.324 e. The smallest absolute Gasteiger partial charge is 0.324 e. The van der Waals surface area contributed by atoms with Crippen LogP contribution in [0.5, 0.6) is 0 Å². The van der Waals surface area contributed by atoms with Crippen LogP contribution in [0.15, 0.2) is 0 Å². The fraction of sp³-hybridized carbons (Fsp3) is 0.846. The van der Waals surface area contributed by atoms with Crippen molar-refractivity contribution in [2.24, 2.45) is 11.8 Å². The van der Waals surface area contributed by atoms with Gasteiger partial charge in [0, 0.05) is 0 Å². The summed E-state index contributed by atoms with van der Waals surface area (Å²) in [7, 11) is 1.70. The molecule has 0 fully saturated rings. The molecule has 0 saturated heterocycles. The lowest BCUT2D eigenvalue weighted by atomic mass is 10.0. The van der Waals surface area contributed by atoms with Gasteiger partial charge in [0.15, 0.2) is 0 Å². The second-order valence-electron chi connectivity index (χ2n) is 5.34. The third-order valence-electron chi connectivity index (χ3n) is 2.79. The minimum absolute atomic E-state index is 0.0769. The maximum atomic E-state index is 11.8. The van der Waals surface area contributed by atoms with E-state index in [0.717, 1.165) is 0 Å². The van der Waals surface area contributed by atoms with Gasteiger partial charge in [0.1, 0.15) is 18.8 Å². The molecule has 0 heterocycles. The topological polar surface area (TPSA) is 87.7 Å². The molecule has 0 aliphatic heterocycles. The first kappa shape index (κ1) is 17.9. The van der Waals surface area contributed by atoms with E-state index >= 15 is 0 Å². The van der Waals surface area contributed by atoms with Crippen LogP contribution < -0.4 is 10.6 Å². The number of hydrogen-bond acceptors (Lipinski definition) is 5. The van der Waals surface area contributed by atoms with E-state index in [1.54, 1.807) is 20.9 Å². The summed E-state index contributed by atoms with van der Waals surface area (Å²) in [6.45, 7) is 7.54. The number of nitrogens with one attached hydrogen (secondary N) is 2. The van der Waals surface area contributed by atoms with Crippen molar-refractivity contribution in [3.05, 3.63) is 0 Å². The Morgan fingerprint density at radius 3 is 2.16 bits per heavy atom. The van der Waals surface area contributed by atoms with Crippen LogP contribution in [0.25, 0.3) is 0 Å². The Bertz CT molecular complexity index is 292. The molecule has 0 aliphatic rings. The number of carboxylic acid groups (broad SMARTS) is 1. The highest BCUT2D eigenvalue weighted by Gasteiger charge is 2.23. The number of carboxylic acids is 1. The van der Waals surface area contributed by atoms with Crippen LogP contribution in [0.4, 0.5) is 0 Å². The number of carbonyl (C=O) groups excluding carboxylic acids is 1. The molecule has 6 nitrogen and oxygen atoms in total. The second-order valence-corrected chi connectivity index (χ2v) is 5.34. The molecule has 6 heteroatoms. The Kier molecular flexibility index (Phi) is 8.34.